The predicted molar refractivity (Wildman–Crippen MR) is 117 cm³/mol. The van der Waals surface area contributed by atoms with Crippen LogP contribution in [0.3, 0.4) is 0 Å². The van der Waals surface area contributed by atoms with Crippen LogP contribution in [0.25, 0.3) is 6.08 Å². The zero-order valence-electron chi connectivity index (χ0n) is 18.4. The van der Waals surface area contributed by atoms with Crippen LogP contribution in [-0.4, -0.2) is 66.9 Å². The van der Waals surface area contributed by atoms with Crippen LogP contribution in [0, 0.1) is 6.92 Å². The molecule has 0 atom stereocenters. The molecule has 0 saturated carbocycles. The Kier molecular flexibility index (Phi) is 7.39. The maximum absolute atomic E-state index is 12.7. The first kappa shape index (κ1) is 26.2. The zero-order valence-corrected chi connectivity index (χ0v) is 18.4. The molecule has 0 saturated heterocycles. The highest BCUT2D eigenvalue weighted by Crippen LogP contribution is 2.26. The van der Waals surface area contributed by atoms with Crippen molar-refractivity contribution in [3.8, 4) is 5.88 Å². The molecule has 184 valence electrons. The number of nitrogens with zero attached hydrogens (tertiary/aromatic N) is 2. The third-order valence-corrected chi connectivity index (χ3v) is 5.05. The molecule has 1 aliphatic rings. The number of carbonyl (C=O) groups excluding carboxylic acids is 4. The minimum absolute atomic E-state index is 0.0842. The molecule has 14 nitrogen and oxygen atoms in total. The molecular weight excluding hydrogens is 468 g/mol. The lowest BCUT2D eigenvalue weighted by Gasteiger charge is -2.27. The number of carboxylic acids is 2. The second-order valence-electron chi connectivity index (χ2n) is 7.28. The number of imide groups is 1. The van der Waals surface area contributed by atoms with Crippen LogP contribution in [0.15, 0.2) is 33.7 Å². The number of primary amides is 2. The zero-order chi connectivity index (χ0) is 26.8. The maximum Gasteiger partial charge on any atom is 0.323 e. The van der Waals surface area contributed by atoms with Gasteiger partial charge in [0.1, 0.15) is 24.2 Å². The van der Waals surface area contributed by atoms with Gasteiger partial charge in [0.2, 0.25) is 5.88 Å². The van der Waals surface area contributed by atoms with Gasteiger partial charge in [-0.05, 0) is 37.1 Å². The topological polar surface area (TPSA) is 240 Å². The first-order chi connectivity index (χ1) is 16.2. The number of amides is 4. The standard InChI is InChI=1S/C21H20N4O10/c1-8-10(18(32)24(6-12(26)27)20(34)14(8)16(22)30)4-3-5-11-9(2)15(17(23)31)21(35)25(19(11)33)7-13(28)29/h3-5,34H,6-7H2,1-2H3,(H2,22,30)(H2,23,31)(H,26,27)(H,28,29)/b4-3+,11-5-. The van der Waals surface area contributed by atoms with Gasteiger partial charge in [-0.25, -0.2) is 0 Å². The second-order valence-corrected chi connectivity index (χ2v) is 7.28. The summed E-state index contributed by atoms with van der Waals surface area (Å²) in [7, 11) is 0. The Morgan fingerprint density at radius 1 is 0.914 bits per heavy atom. The molecule has 0 aliphatic carbocycles. The molecule has 14 heteroatoms. The third-order valence-electron chi connectivity index (χ3n) is 5.05. The minimum Gasteiger partial charge on any atom is -0.494 e. The number of pyridine rings is 1. The molecule has 0 fully saturated rings. The van der Waals surface area contributed by atoms with Crippen molar-refractivity contribution in [1.82, 2.24) is 9.47 Å². The number of aromatic hydroxyl groups is 1. The van der Waals surface area contributed by atoms with E-state index >= 15 is 0 Å². The summed E-state index contributed by atoms with van der Waals surface area (Å²) >= 11 is 0. The van der Waals surface area contributed by atoms with E-state index in [4.69, 9.17) is 21.7 Å². The Morgan fingerprint density at radius 3 is 1.97 bits per heavy atom. The Hall–Kier alpha value is -5.01. The Morgan fingerprint density at radius 2 is 1.49 bits per heavy atom. The lowest BCUT2D eigenvalue weighted by molar-refractivity contribution is -0.150. The maximum atomic E-state index is 12.7. The van der Waals surface area contributed by atoms with Gasteiger partial charge in [0.15, 0.2) is 0 Å². The Balaban J connectivity index is 2.72. The third kappa shape index (κ3) is 5.00. The highest BCUT2D eigenvalue weighted by Gasteiger charge is 2.38. The average Bonchev–Trinajstić information content (AvgIpc) is 2.72. The van der Waals surface area contributed by atoms with Gasteiger partial charge in [-0.2, -0.15) is 0 Å². The molecule has 0 aromatic carbocycles. The van der Waals surface area contributed by atoms with Gasteiger partial charge in [-0.3, -0.25) is 43.0 Å². The average molecular weight is 488 g/mol. The molecular formula is C21H20N4O10. The first-order valence-electron chi connectivity index (χ1n) is 9.66. The van der Waals surface area contributed by atoms with Crippen LogP contribution in [0.2, 0.25) is 0 Å². The van der Waals surface area contributed by atoms with Gasteiger partial charge in [-0.15, -0.1) is 0 Å². The van der Waals surface area contributed by atoms with Crippen LogP contribution in [0.4, 0.5) is 0 Å². The van der Waals surface area contributed by atoms with E-state index in [-0.39, 0.29) is 22.3 Å². The van der Waals surface area contributed by atoms with Gasteiger partial charge < -0.3 is 26.8 Å². The van der Waals surface area contributed by atoms with Gasteiger partial charge in [0.25, 0.3) is 29.2 Å². The van der Waals surface area contributed by atoms with E-state index in [9.17, 15) is 38.7 Å². The normalized spacial score (nSPS) is 15.3. The quantitative estimate of drug-likeness (QED) is 0.157. The smallest absolute Gasteiger partial charge is 0.323 e. The number of carbonyl (C=O) groups is 6. The monoisotopic (exact) mass is 488 g/mol. The lowest BCUT2D eigenvalue weighted by atomic mass is 9.93. The predicted octanol–water partition coefficient (Wildman–Crippen LogP) is -1.76. The number of hydrogen-bond acceptors (Lipinski definition) is 8. The van der Waals surface area contributed by atoms with Gasteiger partial charge in [0, 0.05) is 11.1 Å². The summed E-state index contributed by atoms with van der Waals surface area (Å²) in [5.74, 6) is -8.51. The SMILES string of the molecule is CC1=C(C(N)=O)C(=O)N(CC(=O)O)C(=O)/C1=C\C=C\c1c(C)c(C(N)=O)c(O)n(CC(=O)O)c1=O. The number of rotatable bonds is 8. The van der Waals surface area contributed by atoms with Crippen LogP contribution in [0.1, 0.15) is 28.4 Å². The highest BCUT2D eigenvalue weighted by atomic mass is 16.4. The van der Waals surface area contributed by atoms with Gasteiger partial charge in [-0.1, -0.05) is 6.08 Å². The van der Waals surface area contributed by atoms with Crippen molar-refractivity contribution in [2.24, 2.45) is 11.5 Å². The van der Waals surface area contributed by atoms with Crippen molar-refractivity contribution in [2.45, 2.75) is 20.4 Å². The van der Waals surface area contributed by atoms with Crippen molar-refractivity contribution < 1.29 is 44.1 Å². The largest absolute Gasteiger partial charge is 0.494 e. The fourth-order valence-corrected chi connectivity index (χ4v) is 3.45. The molecule has 0 radical (unpaired) electrons. The van der Waals surface area contributed by atoms with E-state index in [2.05, 4.69) is 0 Å². The second kappa shape index (κ2) is 9.86. The van der Waals surface area contributed by atoms with Crippen LogP contribution in [0.5, 0.6) is 5.88 Å². The molecule has 35 heavy (non-hydrogen) atoms. The van der Waals surface area contributed by atoms with Crippen LogP contribution >= 0.6 is 0 Å². The molecule has 1 aromatic heterocycles. The molecule has 2 heterocycles. The number of aliphatic carboxylic acids is 2. The summed E-state index contributed by atoms with van der Waals surface area (Å²) < 4.78 is 0.414. The van der Waals surface area contributed by atoms with Crippen molar-refractivity contribution >= 4 is 41.6 Å². The van der Waals surface area contributed by atoms with E-state index in [1.54, 1.807) is 0 Å². The van der Waals surface area contributed by atoms with E-state index in [1.165, 1.54) is 13.8 Å². The van der Waals surface area contributed by atoms with Gasteiger partial charge in [0.05, 0.1) is 0 Å². The van der Waals surface area contributed by atoms with Gasteiger partial charge >= 0.3 is 11.9 Å². The molecule has 0 bridgehead atoms. The van der Waals surface area contributed by atoms with E-state index in [0.717, 1.165) is 18.2 Å². The highest BCUT2D eigenvalue weighted by molar-refractivity contribution is 6.28. The molecule has 2 rings (SSSR count). The van der Waals surface area contributed by atoms with Crippen LogP contribution in [-0.2, 0) is 30.5 Å². The molecule has 1 aromatic rings. The molecule has 4 amide bonds. The van der Waals surface area contributed by atoms with Crippen molar-refractivity contribution in [3.63, 3.8) is 0 Å². The number of hydrogen-bond donors (Lipinski definition) is 5. The minimum atomic E-state index is -1.53. The van der Waals surface area contributed by atoms with E-state index in [0.29, 0.717) is 9.47 Å². The molecule has 7 N–H and O–H groups in total. The molecule has 1 aliphatic heterocycles. The number of nitrogens with two attached hydrogens (primary N) is 2. The summed E-state index contributed by atoms with van der Waals surface area (Å²) in [6.45, 7) is 0.489. The fraction of sp³-hybridized carbons (Fsp3) is 0.190. The van der Waals surface area contributed by atoms with Crippen LogP contribution < -0.4 is 17.0 Å². The van der Waals surface area contributed by atoms with E-state index < -0.39 is 71.2 Å². The summed E-state index contributed by atoms with van der Waals surface area (Å²) in [6.07, 6.45) is 3.26. The summed E-state index contributed by atoms with van der Waals surface area (Å²) in [5, 5.41) is 28.2. The summed E-state index contributed by atoms with van der Waals surface area (Å²) in [4.78, 5) is 83.9. The first-order valence-corrected chi connectivity index (χ1v) is 9.66. The Bertz CT molecular complexity index is 1350. The van der Waals surface area contributed by atoms with E-state index in [1.807, 2.05) is 0 Å². The fourth-order valence-electron chi connectivity index (χ4n) is 3.45. The number of aromatic nitrogens is 1. The lowest BCUT2D eigenvalue weighted by Crippen LogP contribution is -2.47. The summed E-state index contributed by atoms with van der Waals surface area (Å²) in [5.41, 5.74) is 7.60. The van der Waals surface area contributed by atoms with Crippen molar-refractivity contribution in [3.05, 3.63) is 55.9 Å². The van der Waals surface area contributed by atoms with Crippen molar-refractivity contribution in [2.75, 3.05) is 6.54 Å². The molecule has 0 unspecified atom stereocenters. The number of carboxylic acid groups (broad SMARTS) is 2. The Labute approximate surface area is 196 Å². The number of allylic oxidation sites excluding steroid dienone is 2. The van der Waals surface area contributed by atoms with Crippen molar-refractivity contribution in [1.29, 1.82) is 0 Å². The summed E-state index contributed by atoms with van der Waals surface area (Å²) in [6, 6.07) is 0. The molecule has 0 spiro atoms.